The van der Waals surface area contributed by atoms with Crippen LogP contribution in [0.25, 0.3) is 11.1 Å². The number of hydrogen-bond acceptors (Lipinski definition) is 6. The summed E-state index contributed by atoms with van der Waals surface area (Å²) in [5.74, 6) is -1.02. The first-order chi connectivity index (χ1) is 12.0. The number of pyridine rings is 1. The standard InChI is InChI=1S/C19H21NO4S/c1-6-24-19(22)16-12(3)20-11(2)15(18(21)23-4)17(16)13-9-7-8-10-14(13)25-5/h7-10H,6H2,1-5H3. The first-order valence-electron chi connectivity index (χ1n) is 7.86. The van der Waals surface area contributed by atoms with E-state index in [1.807, 2.05) is 30.5 Å². The van der Waals surface area contributed by atoms with Gasteiger partial charge in [-0.05, 0) is 38.7 Å². The Kier molecular flexibility index (Phi) is 6.20. The highest BCUT2D eigenvalue weighted by Crippen LogP contribution is 2.37. The Labute approximate surface area is 151 Å². The number of methoxy groups -OCH3 is 1. The zero-order valence-corrected chi connectivity index (χ0v) is 15.8. The van der Waals surface area contributed by atoms with Crippen molar-refractivity contribution in [1.82, 2.24) is 4.98 Å². The van der Waals surface area contributed by atoms with Crippen molar-refractivity contribution in [3.8, 4) is 11.1 Å². The van der Waals surface area contributed by atoms with Gasteiger partial charge in [0.2, 0.25) is 0 Å². The summed E-state index contributed by atoms with van der Waals surface area (Å²) < 4.78 is 10.2. The molecule has 0 atom stereocenters. The lowest BCUT2D eigenvalue weighted by molar-refractivity contribution is 0.0526. The Morgan fingerprint density at radius 3 is 2.24 bits per heavy atom. The van der Waals surface area contributed by atoms with E-state index in [-0.39, 0.29) is 12.2 Å². The van der Waals surface area contributed by atoms with Crippen LogP contribution in [0.2, 0.25) is 0 Å². The van der Waals surface area contributed by atoms with Gasteiger partial charge in [-0.1, -0.05) is 18.2 Å². The molecule has 0 saturated heterocycles. The Bertz CT molecular complexity index is 817. The van der Waals surface area contributed by atoms with Gasteiger partial charge >= 0.3 is 11.9 Å². The number of aromatic nitrogens is 1. The summed E-state index contributed by atoms with van der Waals surface area (Å²) in [4.78, 5) is 30.4. The van der Waals surface area contributed by atoms with Crippen molar-refractivity contribution < 1.29 is 19.1 Å². The van der Waals surface area contributed by atoms with Gasteiger partial charge in [0.25, 0.3) is 0 Å². The maximum absolute atomic E-state index is 12.6. The number of hydrogen-bond donors (Lipinski definition) is 0. The average molecular weight is 359 g/mol. The molecule has 0 spiro atoms. The van der Waals surface area contributed by atoms with Crippen molar-refractivity contribution in [2.75, 3.05) is 20.0 Å². The molecule has 0 N–H and O–H groups in total. The van der Waals surface area contributed by atoms with Crippen LogP contribution >= 0.6 is 11.8 Å². The lowest BCUT2D eigenvalue weighted by atomic mass is 9.92. The Hall–Kier alpha value is -2.34. The van der Waals surface area contributed by atoms with Gasteiger partial charge in [-0.2, -0.15) is 0 Å². The van der Waals surface area contributed by atoms with Crippen LogP contribution in [0.15, 0.2) is 29.2 Å². The van der Waals surface area contributed by atoms with E-state index in [2.05, 4.69) is 4.98 Å². The van der Waals surface area contributed by atoms with Gasteiger partial charge in [0.05, 0.1) is 36.2 Å². The summed E-state index contributed by atoms with van der Waals surface area (Å²) in [5.41, 5.74) is 2.93. The van der Waals surface area contributed by atoms with Crippen molar-refractivity contribution in [2.24, 2.45) is 0 Å². The van der Waals surface area contributed by atoms with E-state index < -0.39 is 11.9 Å². The second kappa shape index (κ2) is 8.16. The topological polar surface area (TPSA) is 65.5 Å². The fraction of sp³-hybridized carbons (Fsp3) is 0.316. The lowest BCUT2D eigenvalue weighted by Gasteiger charge is -2.18. The minimum atomic E-state index is -0.526. The molecule has 0 aliphatic rings. The zero-order chi connectivity index (χ0) is 18.6. The third-order valence-electron chi connectivity index (χ3n) is 3.80. The van der Waals surface area contributed by atoms with Crippen LogP contribution in [0.1, 0.15) is 39.0 Å². The van der Waals surface area contributed by atoms with Crippen molar-refractivity contribution >= 4 is 23.7 Å². The number of thioether (sulfide) groups is 1. The third-order valence-corrected chi connectivity index (χ3v) is 4.60. The SMILES string of the molecule is CCOC(=O)c1c(C)nc(C)c(C(=O)OC)c1-c1ccccc1SC. The number of nitrogens with zero attached hydrogens (tertiary/aromatic N) is 1. The number of aryl methyl sites for hydroxylation is 2. The van der Waals surface area contributed by atoms with Crippen LogP contribution in [0.5, 0.6) is 0 Å². The molecule has 0 bridgehead atoms. The molecule has 0 amide bonds. The van der Waals surface area contributed by atoms with Crippen LogP contribution in [0.4, 0.5) is 0 Å². The Balaban J connectivity index is 2.94. The van der Waals surface area contributed by atoms with E-state index >= 15 is 0 Å². The maximum Gasteiger partial charge on any atom is 0.340 e. The van der Waals surface area contributed by atoms with E-state index in [1.165, 1.54) is 18.9 Å². The largest absolute Gasteiger partial charge is 0.465 e. The summed E-state index contributed by atoms with van der Waals surface area (Å²) in [6.07, 6.45) is 1.95. The average Bonchev–Trinajstić information content (AvgIpc) is 2.60. The lowest BCUT2D eigenvalue weighted by Crippen LogP contribution is -2.17. The predicted molar refractivity (Wildman–Crippen MR) is 98.2 cm³/mol. The zero-order valence-electron chi connectivity index (χ0n) is 15.0. The van der Waals surface area contributed by atoms with Gasteiger partial charge in [-0.25, -0.2) is 9.59 Å². The molecule has 2 rings (SSSR count). The fourth-order valence-electron chi connectivity index (χ4n) is 2.78. The number of esters is 2. The molecule has 0 aliphatic heterocycles. The monoisotopic (exact) mass is 359 g/mol. The third kappa shape index (κ3) is 3.69. The number of rotatable bonds is 5. The fourth-order valence-corrected chi connectivity index (χ4v) is 3.38. The van der Waals surface area contributed by atoms with Gasteiger partial charge in [0, 0.05) is 10.5 Å². The molecule has 5 nitrogen and oxygen atoms in total. The van der Waals surface area contributed by atoms with E-state index in [0.29, 0.717) is 22.5 Å². The molecule has 0 fully saturated rings. The molecule has 0 radical (unpaired) electrons. The second-order valence-electron chi connectivity index (χ2n) is 5.32. The van der Waals surface area contributed by atoms with Crippen LogP contribution in [0, 0.1) is 13.8 Å². The molecule has 1 heterocycles. The van der Waals surface area contributed by atoms with Crippen LogP contribution in [-0.2, 0) is 9.47 Å². The number of benzene rings is 1. The van der Waals surface area contributed by atoms with Gasteiger partial charge in [0.15, 0.2) is 0 Å². The maximum atomic E-state index is 12.6. The van der Waals surface area contributed by atoms with E-state index in [0.717, 1.165) is 10.5 Å². The molecule has 0 saturated carbocycles. The normalized spacial score (nSPS) is 10.4. The smallest absolute Gasteiger partial charge is 0.340 e. The molecule has 1 aromatic carbocycles. The molecule has 6 heteroatoms. The molecule has 2 aromatic rings. The summed E-state index contributed by atoms with van der Waals surface area (Å²) in [6.45, 7) is 5.46. The van der Waals surface area contributed by atoms with Crippen molar-refractivity contribution in [3.05, 3.63) is 46.8 Å². The summed E-state index contributed by atoms with van der Waals surface area (Å²) in [7, 11) is 1.32. The minimum Gasteiger partial charge on any atom is -0.465 e. The molecular weight excluding hydrogens is 338 g/mol. The summed E-state index contributed by atoms with van der Waals surface area (Å²) >= 11 is 1.54. The van der Waals surface area contributed by atoms with Crippen molar-refractivity contribution in [3.63, 3.8) is 0 Å². The molecule has 1 aromatic heterocycles. The van der Waals surface area contributed by atoms with Gasteiger partial charge in [-0.15, -0.1) is 11.8 Å². The van der Waals surface area contributed by atoms with E-state index in [4.69, 9.17) is 9.47 Å². The van der Waals surface area contributed by atoms with E-state index in [1.54, 1.807) is 20.8 Å². The highest BCUT2D eigenvalue weighted by molar-refractivity contribution is 7.98. The van der Waals surface area contributed by atoms with Crippen molar-refractivity contribution in [2.45, 2.75) is 25.7 Å². The number of carbonyl (C=O) groups excluding carboxylic acids is 2. The quantitative estimate of drug-likeness (QED) is 0.593. The molecular formula is C19H21NO4S. The molecule has 0 aliphatic carbocycles. The molecule has 0 unspecified atom stereocenters. The number of ether oxygens (including phenoxy) is 2. The van der Waals surface area contributed by atoms with Gasteiger partial charge in [0.1, 0.15) is 0 Å². The summed E-state index contributed by atoms with van der Waals surface area (Å²) in [6, 6.07) is 7.62. The first-order valence-corrected chi connectivity index (χ1v) is 9.08. The van der Waals surface area contributed by atoms with Crippen molar-refractivity contribution in [1.29, 1.82) is 0 Å². The first kappa shape index (κ1) is 19.0. The van der Waals surface area contributed by atoms with Gasteiger partial charge in [-0.3, -0.25) is 4.98 Å². The minimum absolute atomic E-state index is 0.239. The second-order valence-corrected chi connectivity index (χ2v) is 6.17. The van der Waals surface area contributed by atoms with E-state index in [9.17, 15) is 9.59 Å². The van der Waals surface area contributed by atoms with Crippen LogP contribution < -0.4 is 0 Å². The van der Waals surface area contributed by atoms with Crippen LogP contribution in [-0.4, -0.2) is 36.9 Å². The highest BCUT2D eigenvalue weighted by Gasteiger charge is 2.28. The van der Waals surface area contributed by atoms with Crippen LogP contribution in [0.3, 0.4) is 0 Å². The molecule has 25 heavy (non-hydrogen) atoms. The number of carbonyl (C=O) groups is 2. The summed E-state index contributed by atoms with van der Waals surface area (Å²) in [5, 5.41) is 0. The Morgan fingerprint density at radius 2 is 1.68 bits per heavy atom. The molecule has 132 valence electrons. The highest BCUT2D eigenvalue weighted by atomic mass is 32.2. The van der Waals surface area contributed by atoms with Gasteiger partial charge < -0.3 is 9.47 Å². The predicted octanol–water partition coefficient (Wildman–Crippen LogP) is 4.05. The Morgan fingerprint density at radius 1 is 1.08 bits per heavy atom.